The lowest BCUT2D eigenvalue weighted by Gasteiger charge is -2.13. The summed E-state index contributed by atoms with van der Waals surface area (Å²) in [6, 6.07) is 10.6. The van der Waals surface area contributed by atoms with Crippen molar-refractivity contribution >= 4 is 21.7 Å². The molecule has 3 nitrogen and oxygen atoms in total. The highest BCUT2D eigenvalue weighted by Gasteiger charge is 2.07. The topological polar surface area (TPSA) is 37.8 Å². The van der Waals surface area contributed by atoms with Gasteiger partial charge in [0.25, 0.3) is 0 Å². The van der Waals surface area contributed by atoms with Gasteiger partial charge in [-0.3, -0.25) is 0 Å². The minimum atomic E-state index is 0.537. The Morgan fingerprint density at radius 3 is 2.68 bits per heavy atom. The molecule has 0 aliphatic rings. The van der Waals surface area contributed by atoms with Gasteiger partial charge in [0.1, 0.15) is 12.1 Å². The Kier molecular flexibility index (Phi) is 4.91. The summed E-state index contributed by atoms with van der Waals surface area (Å²) in [4.78, 5) is 8.37. The zero-order valence-electron chi connectivity index (χ0n) is 11.2. The van der Waals surface area contributed by atoms with Gasteiger partial charge < -0.3 is 5.32 Å². The van der Waals surface area contributed by atoms with E-state index < -0.39 is 0 Å². The van der Waals surface area contributed by atoms with Crippen molar-refractivity contribution in [2.24, 2.45) is 0 Å². The van der Waals surface area contributed by atoms with Crippen molar-refractivity contribution in [1.29, 1.82) is 0 Å². The minimum Gasteiger partial charge on any atom is -0.369 e. The average Bonchev–Trinajstić information content (AvgIpc) is 2.44. The first-order valence-corrected chi connectivity index (χ1v) is 7.23. The largest absolute Gasteiger partial charge is 0.369 e. The van der Waals surface area contributed by atoms with Gasteiger partial charge in [0, 0.05) is 6.54 Å². The van der Waals surface area contributed by atoms with Crippen LogP contribution in [0.15, 0.2) is 41.1 Å². The molecule has 1 N–H and O–H groups in total. The Balaban J connectivity index is 1.88. The predicted molar refractivity (Wildman–Crippen MR) is 82.4 cm³/mol. The van der Waals surface area contributed by atoms with Crippen molar-refractivity contribution in [3.8, 4) is 0 Å². The monoisotopic (exact) mass is 319 g/mol. The fourth-order valence-corrected chi connectivity index (χ4v) is 2.28. The Morgan fingerprint density at radius 2 is 1.95 bits per heavy atom. The SMILES string of the molecule is Cc1ncnc(NCCC(C)c2ccccc2)c1Br. The van der Waals surface area contributed by atoms with E-state index >= 15 is 0 Å². The predicted octanol–water partition coefficient (Wildman–Crippen LogP) is 4.15. The van der Waals surface area contributed by atoms with Crippen LogP contribution in [-0.4, -0.2) is 16.5 Å². The summed E-state index contributed by atoms with van der Waals surface area (Å²) in [5.41, 5.74) is 2.33. The summed E-state index contributed by atoms with van der Waals surface area (Å²) in [6.07, 6.45) is 2.66. The van der Waals surface area contributed by atoms with Crippen LogP contribution in [0.1, 0.15) is 30.5 Å². The van der Waals surface area contributed by atoms with E-state index in [1.807, 2.05) is 6.92 Å². The molecule has 0 fully saturated rings. The Bertz CT molecular complexity index is 528. The van der Waals surface area contributed by atoms with Crippen molar-refractivity contribution in [1.82, 2.24) is 9.97 Å². The quantitative estimate of drug-likeness (QED) is 0.899. The molecular formula is C15H18BrN3. The highest BCUT2D eigenvalue weighted by atomic mass is 79.9. The fraction of sp³-hybridized carbons (Fsp3) is 0.333. The Labute approximate surface area is 122 Å². The Hall–Kier alpha value is -1.42. The van der Waals surface area contributed by atoms with Crippen LogP contribution in [0.3, 0.4) is 0 Å². The molecule has 1 aromatic carbocycles. The van der Waals surface area contributed by atoms with E-state index in [0.29, 0.717) is 5.92 Å². The number of halogens is 1. The molecule has 4 heteroatoms. The third kappa shape index (κ3) is 3.77. The van der Waals surface area contributed by atoms with Gasteiger partial charge >= 0.3 is 0 Å². The van der Waals surface area contributed by atoms with Crippen LogP contribution >= 0.6 is 15.9 Å². The van der Waals surface area contributed by atoms with Crippen LogP contribution in [0.5, 0.6) is 0 Å². The lowest BCUT2D eigenvalue weighted by atomic mass is 9.98. The molecule has 0 aliphatic heterocycles. The van der Waals surface area contributed by atoms with E-state index in [-0.39, 0.29) is 0 Å². The smallest absolute Gasteiger partial charge is 0.144 e. The lowest BCUT2D eigenvalue weighted by molar-refractivity contribution is 0.704. The van der Waals surface area contributed by atoms with Crippen LogP contribution in [0.25, 0.3) is 0 Å². The molecule has 2 aromatic rings. The van der Waals surface area contributed by atoms with Crippen LogP contribution in [0.2, 0.25) is 0 Å². The number of aryl methyl sites for hydroxylation is 1. The summed E-state index contributed by atoms with van der Waals surface area (Å²) >= 11 is 3.50. The number of anilines is 1. The third-order valence-electron chi connectivity index (χ3n) is 3.20. The van der Waals surface area contributed by atoms with E-state index in [1.165, 1.54) is 5.56 Å². The van der Waals surface area contributed by atoms with Gasteiger partial charge in [0.15, 0.2) is 0 Å². The number of aromatic nitrogens is 2. The molecular weight excluding hydrogens is 302 g/mol. The number of hydrogen-bond donors (Lipinski definition) is 1. The van der Waals surface area contributed by atoms with Crippen LogP contribution < -0.4 is 5.32 Å². The molecule has 1 atom stereocenters. The normalized spacial score (nSPS) is 12.2. The molecule has 19 heavy (non-hydrogen) atoms. The first-order chi connectivity index (χ1) is 9.18. The Morgan fingerprint density at radius 1 is 1.21 bits per heavy atom. The van der Waals surface area contributed by atoms with E-state index in [1.54, 1.807) is 6.33 Å². The molecule has 0 aliphatic carbocycles. The zero-order valence-corrected chi connectivity index (χ0v) is 12.8. The third-order valence-corrected chi connectivity index (χ3v) is 4.15. The van der Waals surface area contributed by atoms with Gasteiger partial charge in [-0.2, -0.15) is 0 Å². The van der Waals surface area contributed by atoms with Gasteiger partial charge in [0.2, 0.25) is 0 Å². The highest BCUT2D eigenvalue weighted by Crippen LogP contribution is 2.23. The molecule has 100 valence electrons. The van der Waals surface area contributed by atoms with Crippen molar-refractivity contribution in [3.63, 3.8) is 0 Å². The van der Waals surface area contributed by atoms with E-state index in [2.05, 4.69) is 68.5 Å². The summed E-state index contributed by atoms with van der Waals surface area (Å²) in [5, 5.41) is 3.36. The van der Waals surface area contributed by atoms with Crippen LogP contribution in [0, 0.1) is 6.92 Å². The second-order valence-corrected chi connectivity index (χ2v) is 5.44. The van der Waals surface area contributed by atoms with E-state index in [4.69, 9.17) is 0 Å². The van der Waals surface area contributed by atoms with Gasteiger partial charge in [-0.15, -0.1) is 0 Å². The van der Waals surface area contributed by atoms with Gasteiger partial charge in [-0.1, -0.05) is 37.3 Å². The second-order valence-electron chi connectivity index (χ2n) is 4.65. The summed E-state index contributed by atoms with van der Waals surface area (Å²) in [6.45, 7) is 5.10. The van der Waals surface area contributed by atoms with Crippen molar-refractivity contribution < 1.29 is 0 Å². The van der Waals surface area contributed by atoms with E-state index in [0.717, 1.165) is 29.0 Å². The molecule has 0 radical (unpaired) electrons. The second kappa shape index (κ2) is 6.66. The zero-order chi connectivity index (χ0) is 13.7. The maximum absolute atomic E-state index is 4.24. The van der Waals surface area contributed by atoms with Crippen molar-refractivity contribution in [3.05, 3.63) is 52.4 Å². The maximum atomic E-state index is 4.24. The number of benzene rings is 1. The first kappa shape index (κ1) is 14.0. The summed E-state index contributed by atoms with van der Waals surface area (Å²) in [5.74, 6) is 1.41. The van der Waals surface area contributed by atoms with Gasteiger partial charge in [0.05, 0.1) is 10.2 Å². The molecule has 0 amide bonds. The molecule has 0 bridgehead atoms. The molecule has 2 rings (SSSR count). The van der Waals surface area contributed by atoms with Crippen LogP contribution in [0.4, 0.5) is 5.82 Å². The summed E-state index contributed by atoms with van der Waals surface area (Å²) < 4.78 is 0.947. The maximum Gasteiger partial charge on any atom is 0.144 e. The van der Waals surface area contributed by atoms with Crippen LogP contribution in [-0.2, 0) is 0 Å². The van der Waals surface area contributed by atoms with Gasteiger partial charge in [-0.25, -0.2) is 9.97 Å². The van der Waals surface area contributed by atoms with Crippen molar-refractivity contribution in [2.75, 3.05) is 11.9 Å². The van der Waals surface area contributed by atoms with Gasteiger partial charge in [-0.05, 0) is 40.8 Å². The standard InChI is InChI=1S/C15H18BrN3/c1-11(13-6-4-3-5-7-13)8-9-17-15-14(16)12(2)18-10-19-15/h3-7,10-11H,8-9H2,1-2H3,(H,17,18,19). The molecule has 0 saturated heterocycles. The molecule has 1 aromatic heterocycles. The minimum absolute atomic E-state index is 0.537. The fourth-order valence-electron chi connectivity index (χ4n) is 1.94. The molecule has 1 heterocycles. The summed E-state index contributed by atoms with van der Waals surface area (Å²) in [7, 11) is 0. The highest BCUT2D eigenvalue weighted by molar-refractivity contribution is 9.10. The molecule has 1 unspecified atom stereocenters. The number of nitrogens with one attached hydrogen (secondary N) is 1. The molecule has 0 saturated carbocycles. The average molecular weight is 320 g/mol. The first-order valence-electron chi connectivity index (χ1n) is 6.44. The number of nitrogens with zero attached hydrogens (tertiary/aromatic N) is 2. The molecule has 0 spiro atoms. The number of hydrogen-bond acceptors (Lipinski definition) is 3. The van der Waals surface area contributed by atoms with Crippen molar-refractivity contribution in [2.45, 2.75) is 26.2 Å². The number of rotatable bonds is 5. The lowest BCUT2D eigenvalue weighted by Crippen LogP contribution is -2.08. The van der Waals surface area contributed by atoms with E-state index in [9.17, 15) is 0 Å².